The van der Waals surface area contributed by atoms with Crippen molar-refractivity contribution in [3.8, 4) is 0 Å². The van der Waals surface area contributed by atoms with Crippen LogP contribution in [-0.4, -0.2) is 43.8 Å². The zero-order chi connectivity index (χ0) is 17.4. The molecule has 0 aromatic heterocycles. The minimum absolute atomic E-state index is 0.176. The van der Waals surface area contributed by atoms with E-state index >= 15 is 0 Å². The van der Waals surface area contributed by atoms with Gasteiger partial charge in [-0.1, -0.05) is 32.6 Å². The number of halogens is 6. The van der Waals surface area contributed by atoms with E-state index in [0.717, 1.165) is 19.3 Å². The zero-order valence-electron chi connectivity index (χ0n) is 12.4. The predicted molar refractivity (Wildman–Crippen MR) is 73.9 cm³/mol. The van der Waals surface area contributed by atoms with Gasteiger partial charge in [-0.15, -0.1) is 0 Å². The predicted octanol–water partition coefficient (Wildman–Crippen LogP) is 2.09. The molecule has 0 spiro atoms. The molecule has 0 aliphatic carbocycles. The largest absolute Gasteiger partial charge is 0.472 e. The van der Waals surface area contributed by atoms with E-state index < -0.39 is 39.7 Å². The van der Waals surface area contributed by atoms with Crippen molar-refractivity contribution in [2.75, 3.05) is 0 Å². The highest BCUT2D eigenvalue weighted by atomic mass is 28.3. The third-order valence-corrected chi connectivity index (χ3v) is 4.84. The minimum Gasteiger partial charge on any atom is -0.464 e. The van der Waals surface area contributed by atoms with Gasteiger partial charge in [0, 0.05) is 6.42 Å². The van der Waals surface area contributed by atoms with Crippen LogP contribution in [0.15, 0.2) is 0 Å². The van der Waals surface area contributed by atoms with E-state index in [1.165, 1.54) is 0 Å². The molecule has 0 atom stereocenters. The number of carbonyl (C=O) groups excluding carboxylic acids is 1. The molecular weight excluding hydrogens is 350 g/mol. The lowest BCUT2D eigenvalue weighted by atomic mass is 10.1. The summed E-state index contributed by atoms with van der Waals surface area (Å²) in [6, 6.07) is 0. The van der Waals surface area contributed by atoms with Gasteiger partial charge >= 0.3 is 23.5 Å². The molecule has 0 fully saturated rings. The van der Waals surface area contributed by atoms with Crippen molar-refractivity contribution >= 4 is 26.2 Å². The van der Waals surface area contributed by atoms with Gasteiger partial charge in [0.05, 0.1) is 0 Å². The molecule has 132 valence electrons. The highest BCUT2D eigenvalue weighted by molar-refractivity contribution is 6.37. The van der Waals surface area contributed by atoms with Crippen LogP contribution < -0.4 is 0 Å². The number of rotatable bonds is 11. The lowest BCUT2D eigenvalue weighted by Crippen LogP contribution is -2.59. The van der Waals surface area contributed by atoms with Crippen LogP contribution in [0.25, 0.3) is 0 Å². The Labute approximate surface area is 130 Å². The van der Waals surface area contributed by atoms with Crippen molar-refractivity contribution < 1.29 is 40.0 Å². The van der Waals surface area contributed by atoms with Crippen molar-refractivity contribution in [1.82, 2.24) is 0 Å². The molecule has 0 aromatic carbocycles. The number of hydrogen-bond acceptors (Lipinski definition) is 3. The van der Waals surface area contributed by atoms with Gasteiger partial charge in [-0.2, -0.15) is 17.6 Å². The molecule has 0 amide bonds. The number of hydrogen-bond donors (Lipinski definition) is 0. The summed E-state index contributed by atoms with van der Waals surface area (Å²) in [5, 5.41) is 0. The average molecular weight is 370 g/mol. The molecule has 0 saturated heterocycles. The summed E-state index contributed by atoms with van der Waals surface area (Å²) in [6.07, 6.45) is -2.79. The van der Waals surface area contributed by atoms with Gasteiger partial charge in [0.1, 0.15) is 10.5 Å². The molecule has 0 N–H and O–H groups in total. The summed E-state index contributed by atoms with van der Waals surface area (Å²) in [5.74, 6) is -7.40. The van der Waals surface area contributed by atoms with E-state index in [4.69, 9.17) is 0 Å². The molecule has 0 unspecified atom stereocenters. The summed E-state index contributed by atoms with van der Waals surface area (Å²) in [4.78, 5) is 11.1. The van der Waals surface area contributed by atoms with E-state index in [9.17, 15) is 31.1 Å². The van der Waals surface area contributed by atoms with Crippen molar-refractivity contribution in [2.24, 2.45) is 0 Å². The summed E-state index contributed by atoms with van der Waals surface area (Å²) in [6.45, 7) is 1.95. The fourth-order valence-electron chi connectivity index (χ4n) is 1.62. The lowest BCUT2D eigenvalue weighted by Gasteiger charge is -2.31. The van der Waals surface area contributed by atoms with Gasteiger partial charge in [0.25, 0.3) is 0 Å². The molecule has 0 bridgehead atoms. The van der Waals surface area contributed by atoms with E-state index in [1.807, 2.05) is 6.92 Å². The second-order valence-electron chi connectivity index (χ2n) is 4.87. The van der Waals surface area contributed by atoms with Crippen molar-refractivity contribution in [2.45, 2.75) is 63.0 Å². The third kappa shape index (κ3) is 5.91. The van der Waals surface area contributed by atoms with Crippen LogP contribution in [0.4, 0.5) is 26.3 Å². The van der Waals surface area contributed by atoms with Crippen LogP contribution in [0.5, 0.6) is 0 Å². The normalized spacial score (nSPS) is 14.0. The Morgan fingerprint density at radius 1 is 1.05 bits per heavy atom. The van der Waals surface area contributed by atoms with Gasteiger partial charge in [0.2, 0.25) is 9.76 Å². The molecule has 0 rings (SSSR count). The Morgan fingerprint density at radius 3 is 2.09 bits per heavy atom. The van der Waals surface area contributed by atoms with Gasteiger partial charge in [-0.3, -0.25) is 4.79 Å². The van der Waals surface area contributed by atoms with Crippen LogP contribution in [-0.2, 0) is 13.6 Å². The zero-order valence-corrected chi connectivity index (χ0v) is 15.9. The second-order valence-corrected chi connectivity index (χ2v) is 8.35. The first-order valence-corrected chi connectivity index (χ1v) is 8.96. The van der Waals surface area contributed by atoms with Gasteiger partial charge in [0.15, 0.2) is 0 Å². The molecule has 0 heterocycles. The monoisotopic (exact) mass is 370 g/mol. The van der Waals surface area contributed by atoms with E-state index in [2.05, 4.69) is 8.85 Å². The van der Waals surface area contributed by atoms with Gasteiger partial charge < -0.3 is 8.85 Å². The third-order valence-electron chi connectivity index (χ3n) is 2.88. The first-order chi connectivity index (χ1) is 10.0. The molecule has 11 heteroatoms. The SMILES string of the molecule is CCCCCCCC(=O)OC(F)(F)C(F)(F)C(F)(F)[SiH2]O[SiH3]. The highest BCUT2D eigenvalue weighted by Gasteiger charge is 2.74. The Kier molecular flexibility index (Phi) is 8.69. The Hall–Kier alpha value is -0.556. The molecule has 22 heavy (non-hydrogen) atoms. The summed E-state index contributed by atoms with van der Waals surface area (Å²) in [7, 11) is -3.45. The smallest absolute Gasteiger partial charge is 0.464 e. The molecule has 0 aliphatic heterocycles. The van der Waals surface area contributed by atoms with E-state index in [1.54, 1.807) is 0 Å². The quantitative estimate of drug-likeness (QED) is 0.242. The van der Waals surface area contributed by atoms with Gasteiger partial charge in [-0.05, 0) is 6.42 Å². The minimum atomic E-state index is -5.78. The highest BCUT2D eigenvalue weighted by Crippen LogP contribution is 2.45. The maximum absolute atomic E-state index is 13.2. The molecule has 0 saturated carbocycles. The average Bonchev–Trinajstić information content (AvgIpc) is 2.37. The Morgan fingerprint density at radius 2 is 1.59 bits per heavy atom. The van der Waals surface area contributed by atoms with Crippen LogP contribution in [0.2, 0.25) is 0 Å². The standard InChI is InChI=1S/C11H20F6O3Si2/c1-2-3-4-5-6-7-8(18)19-10(14,15)9(12,13)11(16,17)22-20-21/h2-7,22H2,1,21H3. The molecule has 0 radical (unpaired) electrons. The van der Waals surface area contributed by atoms with Crippen LogP contribution in [0.1, 0.15) is 45.4 Å². The topological polar surface area (TPSA) is 35.5 Å². The fraction of sp³-hybridized carbons (Fsp3) is 0.909. The van der Waals surface area contributed by atoms with Crippen molar-refractivity contribution in [1.29, 1.82) is 0 Å². The van der Waals surface area contributed by atoms with Gasteiger partial charge in [-0.25, -0.2) is 8.78 Å². The Bertz CT molecular complexity index is 355. The first-order valence-electron chi connectivity index (χ1n) is 6.86. The van der Waals surface area contributed by atoms with Crippen LogP contribution in [0, 0.1) is 0 Å². The van der Waals surface area contributed by atoms with Crippen molar-refractivity contribution in [3.63, 3.8) is 0 Å². The summed E-state index contributed by atoms with van der Waals surface area (Å²) in [5.41, 5.74) is -5.00. The molecule has 3 nitrogen and oxygen atoms in total. The lowest BCUT2D eigenvalue weighted by molar-refractivity contribution is -0.369. The number of ether oxygens (including phenoxy) is 1. The van der Waals surface area contributed by atoms with Crippen molar-refractivity contribution in [3.05, 3.63) is 0 Å². The maximum atomic E-state index is 13.2. The summed E-state index contributed by atoms with van der Waals surface area (Å²) >= 11 is 0. The van der Waals surface area contributed by atoms with Crippen LogP contribution in [0.3, 0.4) is 0 Å². The molecule has 0 aromatic rings. The number of unbranched alkanes of at least 4 members (excludes halogenated alkanes) is 4. The molecule has 0 aliphatic rings. The first kappa shape index (κ1) is 21.4. The fourth-order valence-corrected chi connectivity index (χ4v) is 3.45. The summed E-state index contributed by atoms with van der Waals surface area (Å²) < 4.78 is 86.4. The molecular formula is C11H20F6O3Si2. The second kappa shape index (κ2) is 8.92. The number of alkyl halides is 6. The van der Waals surface area contributed by atoms with E-state index in [0.29, 0.717) is 6.42 Å². The van der Waals surface area contributed by atoms with Crippen LogP contribution >= 0.6 is 0 Å². The number of carbonyl (C=O) groups is 1. The Balaban J connectivity index is 4.57. The number of esters is 1. The van der Waals surface area contributed by atoms with E-state index in [-0.39, 0.29) is 16.9 Å². The maximum Gasteiger partial charge on any atom is 0.472 e.